The lowest BCUT2D eigenvalue weighted by Crippen LogP contribution is -2.45. The minimum Gasteiger partial charge on any atom is -0.479 e. The van der Waals surface area contributed by atoms with Gasteiger partial charge in [0.15, 0.2) is 17.4 Å². The summed E-state index contributed by atoms with van der Waals surface area (Å²) in [5, 5.41) is 27.6. The number of nitrogens with zero attached hydrogens (tertiary/aromatic N) is 4. The zero-order chi connectivity index (χ0) is 35.2. The van der Waals surface area contributed by atoms with Crippen LogP contribution in [-0.2, 0) is 46.1 Å². The van der Waals surface area contributed by atoms with E-state index in [-0.39, 0.29) is 36.2 Å². The molecule has 0 saturated carbocycles. The molecule has 17 nitrogen and oxygen atoms in total. The zero-order valence-electron chi connectivity index (χ0n) is 27.0. The molecule has 0 radical (unpaired) electrons. The highest BCUT2D eigenvalue weighted by Crippen LogP contribution is 2.44. The Balaban J connectivity index is 1.28. The molecule has 3 heterocycles. The number of ether oxygens (including phenoxy) is 4. The summed E-state index contributed by atoms with van der Waals surface area (Å²) in [6.07, 6.45) is -4.10. The Morgan fingerprint density at radius 2 is 1.53 bits per heavy atom. The van der Waals surface area contributed by atoms with Crippen LogP contribution in [0.25, 0.3) is 11.2 Å². The van der Waals surface area contributed by atoms with Crippen molar-refractivity contribution < 1.29 is 47.8 Å². The van der Waals surface area contributed by atoms with E-state index in [4.69, 9.17) is 29.2 Å². The Hall–Kier alpha value is -4.48. The highest BCUT2D eigenvalue weighted by Gasteiger charge is 2.54. The van der Waals surface area contributed by atoms with Gasteiger partial charge in [-0.1, -0.05) is 60.7 Å². The van der Waals surface area contributed by atoms with E-state index < -0.39 is 63.3 Å². The largest absolute Gasteiger partial charge is 0.479 e. The summed E-state index contributed by atoms with van der Waals surface area (Å²) in [4.78, 5) is 37.7. The molecular weight excluding hydrogens is 661 g/mol. The molecule has 262 valence electrons. The van der Waals surface area contributed by atoms with Crippen LogP contribution in [0, 0.1) is 6.92 Å². The number of imidazole rings is 1. The first-order valence-electron chi connectivity index (χ1n) is 15.2. The fraction of sp³-hybridized carbons (Fsp3) is 0.387. The summed E-state index contributed by atoms with van der Waals surface area (Å²) < 4.78 is 42.9. The molecule has 49 heavy (non-hydrogen) atoms. The molecule has 2 aromatic heterocycles. The SMILES string of the molecule is COc1nc(N)nc2c1nc(C)n2C1OC(COP(=O)(NCC(=O)OCc2ccccc2)NCC(=O)OCc2ccccc2)C(O)C1(C)O. The first kappa shape index (κ1) is 35.8. The number of aromatic nitrogens is 4. The molecule has 4 unspecified atom stereocenters. The molecule has 4 atom stereocenters. The van der Waals surface area contributed by atoms with Gasteiger partial charge in [0.1, 0.15) is 49.9 Å². The first-order valence-corrected chi connectivity index (χ1v) is 16.8. The van der Waals surface area contributed by atoms with Crippen molar-refractivity contribution in [2.75, 3.05) is 32.5 Å². The lowest BCUT2D eigenvalue weighted by atomic mass is 9.96. The van der Waals surface area contributed by atoms with E-state index in [1.54, 1.807) is 55.5 Å². The summed E-state index contributed by atoms with van der Waals surface area (Å²) in [5.74, 6) is -1.18. The van der Waals surface area contributed by atoms with Crippen molar-refractivity contribution >= 4 is 36.7 Å². The molecule has 0 bridgehead atoms. The van der Waals surface area contributed by atoms with Gasteiger partial charge < -0.3 is 39.4 Å². The van der Waals surface area contributed by atoms with Crippen LogP contribution in [-0.4, -0.2) is 86.3 Å². The van der Waals surface area contributed by atoms with Crippen LogP contribution in [0.5, 0.6) is 5.88 Å². The molecule has 5 rings (SSSR count). The third kappa shape index (κ3) is 8.58. The number of carbonyl (C=O) groups is 2. The fourth-order valence-electron chi connectivity index (χ4n) is 5.09. The average molecular weight is 700 g/mol. The molecule has 0 spiro atoms. The van der Waals surface area contributed by atoms with Crippen molar-refractivity contribution in [3.63, 3.8) is 0 Å². The van der Waals surface area contributed by atoms with Gasteiger partial charge in [-0.15, -0.1) is 0 Å². The van der Waals surface area contributed by atoms with Gasteiger partial charge in [0.2, 0.25) is 11.8 Å². The summed E-state index contributed by atoms with van der Waals surface area (Å²) in [7, 11) is -2.84. The van der Waals surface area contributed by atoms with Gasteiger partial charge in [-0.3, -0.25) is 18.7 Å². The Morgan fingerprint density at radius 1 is 0.980 bits per heavy atom. The first-order chi connectivity index (χ1) is 23.4. The molecule has 18 heteroatoms. The number of nitrogens with two attached hydrogens (primary N) is 1. The van der Waals surface area contributed by atoms with Crippen LogP contribution in [0.2, 0.25) is 0 Å². The highest BCUT2D eigenvalue weighted by molar-refractivity contribution is 7.54. The maximum atomic E-state index is 13.9. The molecule has 0 amide bonds. The van der Waals surface area contributed by atoms with E-state index in [1.165, 1.54) is 18.6 Å². The average Bonchev–Trinajstić information content (AvgIpc) is 3.54. The van der Waals surface area contributed by atoms with Gasteiger partial charge in [-0.2, -0.15) is 9.97 Å². The molecule has 0 aliphatic carbocycles. The lowest BCUT2D eigenvalue weighted by Gasteiger charge is -2.28. The second kappa shape index (κ2) is 15.4. The summed E-state index contributed by atoms with van der Waals surface area (Å²) in [5.41, 5.74) is 5.85. The number of benzene rings is 2. The fourth-order valence-corrected chi connectivity index (χ4v) is 6.42. The Kier molecular flexibility index (Phi) is 11.2. The van der Waals surface area contributed by atoms with Crippen molar-refractivity contribution in [3.8, 4) is 5.88 Å². The third-order valence-electron chi connectivity index (χ3n) is 7.65. The second-order valence-corrected chi connectivity index (χ2v) is 13.3. The quantitative estimate of drug-likeness (QED) is 0.0874. The summed E-state index contributed by atoms with van der Waals surface area (Å²) in [6, 6.07) is 17.9. The highest BCUT2D eigenvalue weighted by atomic mass is 31.2. The van der Waals surface area contributed by atoms with Gasteiger partial charge in [0.05, 0.1) is 13.7 Å². The van der Waals surface area contributed by atoms with Gasteiger partial charge in [-0.25, -0.2) is 15.2 Å². The summed E-state index contributed by atoms with van der Waals surface area (Å²) in [6.45, 7) is 1.25. The van der Waals surface area contributed by atoms with Gasteiger partial charge in [-0.05, 0) is 25.0 Å². The van der Waals surface area contributed by atoms with E-state index in [9.17, 15) is 24.4 Å². The number of methoxy groups -OCH3 is 1. The molecule has 1 fully saturated rings. The topological polar surface area (TPSA) is 231 Å². The maximum Gasteiger partial charge on any atom is 0.341 e. The molecule has 1 aliphatic heterocycles. The van der Waals surface area contributed by atoms with Gasteiger partial charge >= 0.3 is 19.6 Å². The Morgan fingerprint density at radius 3 is 2.06 bits per heavy atom. The monoisotopic (exact) mass is 699 g/mol. The second-order valence-electron chi connectivity index (χ2n) is 11.3. The van der Waals surface area contributed by atoms with Crippen LogP contribution < -0.4 is 20.6 Å². The number of aryl methyl sites for hydroxylation is 1. The number of nitrogen functional groups attached to an aromatic ring is 1. The third-order valence-corrected chi connectivity index (χ3v) is 9.31. The summed E-state index contributed by atoms with van der Waals surface area (Å²) >= 11 is 0. The number of aliphatic hydroxyl groups is 2. The smallest absolute Gasteiger partial charge is 0.341 e. The van der Waals surface area contributed by atoms with Crippen molar-refractivity contribution in [1.82, 2.24) is 29.7 Å². The van der Waals surface area contributed by atoms with Gasteiger partial charge in [0, 0.05) is 0 Å². The number of fused-ring (bicyclic) bond motifs is 1. The van der Waals surface area contributed by atoms with E-state index in [0.29, 0.717) is 5.82 Å². The van der Waals surface area contributed by atoms with Crippen LogP contribution in [0.3, 0.4) is 0 Å². The van der Waals surface area contributed by atoms with Crippen molar-refractivity contribution in [2.24, 2.45) is 0 Å². The van der Waals surface area contributed by atoms with Crippen LogP contribution in [0.1, 0.15) is 30.1 Å². The molecule has 2 aromatic carbocycles. The van der Waals surface area contributed by atoms with E-state index in [2.05, 4.69) is 25.1 Å². The standard InChI is InChI=1S/C31H38N7O10P/c1-19-35-25-27(36-30(32)37-28(25)44-3)38(19)29-31(2,42)26(41)22(48-29)18-47-49(43,33-14-23(39)45-16-20-10-6-4-7-11-20)34-15-24(40)46-17-21-12-8-5-9-13-21/h4-13,22,26,29,41-42H,14-18H2,1-3H3,(H2,32,36,37)(H2,33,34,43). The minimum atomic E-state index is -4.23. The normalized spacial score (nSPS) is 20.7. The van der Waals surface area contributed by atoms with E-state index in [1.807, 2.05) is 12.1 Å². The minimum absolute atomic E-state index is 0.0187. The van der Waals surface area contributed by atoms with Crippen LogP contribution in [0.4, 0.5) is 5.95 Å². The molecule has 1 saturated heterocycles. The number of nitrogens with one attached hydrogen (secondary N) is 2. The van der Waals surface area contributed by atoms with Crippen LogP contribution in [0.15, 0.2) is 60.7 Å². The lowest BCUT2D eigenvalue weighted by molar-refractivity contribution is -0.144. The van der Waals surface area contributed by atoms with Crippen LogP contribution >= 0.6 is 7.67 Å². The maximum absolute atomic E-state index is 13.9. The van der Waals surface area contributed by atoms with Gasteiger partial charge in [0.25, 0.3) is 0 Å². The van der Waals surface area contributed by atoms with E-state index in [0.717, 1.165) is 11.1 Å². The molecule has 6 N–H and O–H groups in total. The zero-order valence-corrected chi connectivity index (χ0v) is 27.9. The number of carbonyl (C=O) groups excluding carboxylic acids is 2. The number of anilines is 1. The molecular formula is C31H38N7O10P. The molecule has 1 aliphatic rings. The number of hydrogen-bond donors (Lipinski definition) is 5. The number of hydrogen-bond acceptors (Lipinski definition) is 14. The van der Waals surface area contributed by atoms with Crippen molar-refractivity contribution in [3.05, 3.63) is 77.6 Å². The number of esters is 2. The number of rotatable bonds is 15. The van der Waals surface area contributed by atoms with Crippen molar-refractivity contribution in [2.45, 2.75) is 51.1 Å². The predicted octanol–water partition coefficient (Wildman–Crippen LogP) is 1.53. The number of aliphatic hydroxyl groups excluding tert-OH is 1. The van der Waals surface area contributed by atoms with E-state index >= 15 is 0 Å². The molecule has 4 aromatic rings. The predicted molar refractivity (Wildman–Crippen MR) is 174 cm³/mol. The Bertz CT molecular complexity index is 1750. The Labute approximate surface area is 281 Å². The van der Waals surface area contributed by atoms with Crippen molar-refractivity contribution in [1.29, 1.82) is 0 Å².